The van der Waals surface area contributed by atoms with Gasteiger partial charge >= 0.3 is 0 Å². The Bertz CT molecular complexity index is 782. The molecule has 2 heterocycles. The van der Waals surface area contributed by atoms with Crippen LogP contribution in [-0.4, -0.2) is 19.6 Å². The maximum absolute atomic E-state index is 6.02. The molecule has 1 aromatic carbocycles. The summed E-state index contributed by atoms with van der Waals surface area (Å²) < 4.78 is 1.81. The van der Waals surface area contributed by atoms with Crippen molar-refractivity contribution in [3.63, 3.8) is 0 Å². The third kappa shape index (κ3) is 2.16. The minimum absolute atomic E-state index is 0.387. The number of rotatable bonds is 1. The first-order chi connectivity index (χ1) is 9.06. The van der Waals surface area contributed by atoms with Crippen molar-refractivity contribution >= 4 is 40.4 Å². The number of aromatic nitrogens is 4. The molecule has 0 unspecified atom stereocenters. The molecule has 0 saturated carbocycles. The van der Waals surface area contributed by atoms with Crippen molar-refractivity contribution in [3.05, 3.63) is 45.3 Å². The van der Waals surface area contributed by atoms with Gasteiger partial charge in [0.05, 0.1) is 10.0 Å². The van der Waals surface area contributed by atoms with Crippen molar-refractivity contribution in [1.29, 1.82) is 0 Å². The summed E-state index contributed by atoms with van der Waals surface area (Å²) in [6, 6.07) is 6.95. The standard InChI is InChI=1S/C12H7Cl3N4/c1-6-16-10(15)5-11-17-18-12(19(6)11)7-2-3-8(13)9(14)4-7/h2-5H,1H3. The van der Waals surface area contributed by atoms with Gasteiger partial charge in [-0.15, -0.1) is 10.2 Å². The van der Waals surface area contributed by atoms with Crippen LogP contribution in [0.15, 0.2) is 24.3 Å². The molecule has 0 saturated heterocycles. The molecule has 3 rings (SSSR count). The Morgan fingerprint density at radius 2 is 1.79 bits per heavy atom. The van der Waals surface area contributed by atoms with E-state index in [0.29, 0.717) is 32.5 Å². The zero-order valence-electron chi connectivity index (χ0n) is 9.73. The molecule has 2 aromatic heterocycles. The first-order valence-electron chi connectivity index (χ1n) is 5.40. The second kappa shape index (κ2) is 4.63. The first-order valence-corrected chi connectivity index (χ1v) is 6.53. The highest BCUT2D eigenvalue weighted by molar-refractivity contribution is 6.42. The van der Waals surface area contributed by atoms with Crippen molar-refractivity contribution in [2.45, 2.75) is 6.92 Å². The van der Waals surface area contributed by atoms with Crippen LogP contribution in [0.3, 0.4) is 0 Å². The Hall–Kier alpha value is -1.36. The highest BCUT2D eigenvalue weighted by Crippen LogP contribution is 2.28. The van der Waals surface area contributed by atoms with Crippen molar-refractivity contribution in [2.24, 2.45) is 0 Å². The number of aryl methyl sites for hydroxylation is 1. The number of halogens is 3. The van der Waals surface area contributed by atoms with Gasteiger partial charge < -0.3 is 0 Å². The predicted octanol–water partition coefficient (Wildman–Crippen LogP) is 4.06. The molecule has 0 radical (unpaired) electrons. The third-order valence-electron chi connectivity index (χ3n) is 2.71. The summed E-state index contributed by atoms with van der Waals surface area (Å²) in [4.78, 5) is 4.19. The van der Waals surface area contributed by atoms with E-state index in [-0.39, 0.29) is 0 Å². The van der Waals surface area contributed by atoms with Crippen LogP contribution >= 0.6 is 34.8 Å². The Morgan fingerprint density at radius 1 is 1.00 bits per heavy atom. The van der Waals surface area contributed by atoms with E-state index in [1.54, 1.807) is 18.2 Å². The molecular weight excluding hydrogens is 307 g/mol. The molecule has 3 aromatic rings. The lowest BCUT2D eigenvalue weighted by molar-refractivity contribution is 0.988. The minimum Gasteiger partial charge on any atom is -0.263 e. The van der Waals surface area contributed by atoms with E-state index in [1.165, 1.54) is 0 Å². The molecule has 0 aliphatic rings. The molecule has 96 valence electrons. The SMILES string of the molecule is Cc1nc(Cl)cc2nnc(-c3ccc(Cl)c(Cl)c3)n12. The molecule has 0 aliphatic heterocycles. The summed E-state index contributed by atoms with van der Waals surface area (Å²) in [7, 11) is 0. The topological polar surface area (TPSA) is 43.1 Å². The summed E-state index contributed by atoms with van der Waals surface area (Å²) in [6.07, 6.45) is 0. The number of benzene rings is 1. The Morgan fingerprint density at radius 3 is 2.53 bits per heavy atom. The summed E-state index contributed by atoms with van der Waals surface area (Å²) in [5, 5.41) is 9.58. The van der Waals surface area contributed by atoms with Crippen molar-refractivity contribution in [3.8, 4) is 11.4 Å². The van der Waals surface area contributed by atoms with E-state index >= 15 is 0 Å². The normalized spacial score (nSPS) is 11.2. The van der Waals surface area contributed by atoms with Crippen LogP contribution in [0.4, 0.5) is 0 Å². The molecule has 0 aliphatic carbocycles. The van der Waals surface area contributed by atoms with E-state index in [1.807, 2.05) is 17.4 Å². The molecule has 0 N–H and O–H groups in total. The monoisotopic (exact) mass is 312 g/mol. The van der Waals surface area contributed by atoms with Crippen LogP contribution in [0, 0.1) is 6.92 Å². The second-order valence-corrected chi connectivity index (χ2v) is 5.17. The second-order valence-electron chi connectivity index (χ2n) is 3.97. The fourth-order valence-corrected chi connectivity index (χ4v) is 2.39. The van der Waals surface area contributed by atoms with Gasteiger partial charge in [-0.05, 0) is 25.1 Å². The van der Waals surface area contributed by atoms with E-state index in [0.717, 1.165) is 5.56 Å². The van der Waals surface area contributed by atoms with Gasteiger partial charge in [0, 0.05) is 11.6 Å². The van der Waals surface area contributed by atoms with Crippen LogP contribution in [0.25, 0.3) is 17.0 Å². The summed E-state index contributed by atoms with van der Waals surface area (Å²) in [5.74, 6) is 1.35. The predicted molar refractivity (Wildman–Crippen MR) is 76.0 cm³/mol. The largest absolute Gasteiger partial charge is 0.263 e. The zero-order valence-corrected chi connectivity index (χ0v) is 12.0. The lowest BCUT2D eigenvalue weighted by atomic mass is 10.2. The third-order valence-corrected chi connectivity index (χ3v) is 3.64. The van der Waals surface area contributed by atoms with Gasteiger partial charge in [-0.3, -0.25) is 4.40 Å². The Labute approximate surface area is 124 Å². The smallest absolute Gasteiger partial charge is 0.169 e. The maximum atomic E-state index is 6.02. The lowest BCUT2D eigenvalue weighted by Crippen LogP contribution is -1.98. The van der Waals surface area contributed by atoms with E-state index in [9.17, 15) is 0 Å². The van der Waals surface area contributed by atoms with Gasteiger partial charge in [-0.25, -0.2) is 4.98 Å². The molecule has 7 heteroatoms. The molecule has 0 fully saturated rings. The first kappa shape index (κ1) is 12.7. The Kier molecular flexibility index (Phi) is 3.09. The number of hydrogen-bond acceptors (Lipinski definition) is 3. The average Bonchev–Trinajstić information content (AvgIpc) is 2.76. The van der Waals surface area contributed by atoms with Crippen LogP contribution < -0.4 is 0 Å². The molecular formula is C12H7Cl3N4. The molecule has 4 nitrogen and oxygen atoms in total. The molecule has 0 atom stereocenters. The summed E-state index contributed by atoms with van der Waals surface area (Å²) in [5.41, 5.74) is 1.45. The molecule has 19 heavy (non-hydrogen) atoms. The average molecular weight is 314 g/mol. The number of hydrogen-bond donors (Lipinski definition) is 0. The summed E-state index contributed by atoms with van der Waals surface area (Å²) >= 11 is 17.8. The lowest BCUT2D eigenvalue weighted by Gasteiger charge is -2.04. The number of nitrogens with zero attached hydrogens (tertiary/aromatic N) is 4. The Balaban J connectivity index is 2.28. The van der Waals surface area contributed by atoms with Gasteiger partial charge in [0.25, 0.3) is 0 Å². The van der Waals surface area contributed by atoms with Crippen molar-refractivity contribution < 1.29 is 0 Å². The van der Waals surface area contributed by atoms with Gasteiger partial charge in [0.15, 0.2) is 11.5 Å². The maximum Gasteiger partial charge on any atom is 0.169 e. The van der Waals surface area contributed by atoms with Crippen LogP contribution in [0.2, 0.25) is 15.2 Å². The van der Waals surface area contributed by atoms with Crippen molar-refractivity contribution in [2.75, 3.05) is 0 Å². The van der Waals surface area contributed by atoms with Gasteiger partial charge in [0.2, 0.25) is 0 Å². The highest BCUT2D eigenvalue weighted by atomic mass is 35.5. The molecule has 0 amide bonds. The van der Waals surface area contributed by atoms with Gasteiger partial charge in [0.1, 0.15) is 11.0 Å². The highest BCUT2D eigenvalue weighted by Gasteiger charge is 2.12. The van der Waals surface area contributed by atoms with Crippen LogP contribution in [-0.2, 0) is 0 Å². The van der Waals surface area contributed by atoms with Crippen molar-refractivity contribution in [1.82, 2.24) is 19.6 Å². The summed E-state index contributed by atoms with van der Waals surface area (Å²) in [6.45, 7) is 1.84. The van der Waals surface area contributed by atoms with Gasteiger partial charge in [-0.1, -0.05) is 34.8 Å². The number of fused-ring (bicyclic) bond motifs is 1. The van der Waals surface area contributed by atoms with E-state index in [2.05, 4.69) is 15.2 Å². The fraction of sp³-hybridized carbons (Fsp3) is 0.0833. The fourth-order valence-electron chi connectivity index (χ4n) is 1.87. The van der Waals surface area contributed by atoms with E-state index < -0.39 is 0 Å². The zero-order chi connectivity index (χ0) is 13.6. The minimum atomic E-state index is 0.387. The van der Waals surface area contributed by atoms with Crippen LogP contribution in [0.1, 0.15) is 5.82 Å². The van der Waals surface area contributed by atoms with Gasteiger partial charge in [-0.2, -0.15) is 0 Å². The molecule has 0 spiro atoms. The van der Waals surface area contributed by atoms with Crippen LogP contribution in [0.5, 0.6) is 0 Å². The molecule has 0 bridgehead atoms. The van der Waals surface area contributed by atoms with E-state index in [4.69, 9.17) is 34.8 Å². The quantitative estimate of drug-likeness (QED) is 0.636.